The lowest BCUT2D eigenvalue weighted by Gasteiger charge is -2.11. The van der Waals surface area contributed by atoms with E-state index in [1.807, 2.05) is 16.7 Å². The quantitative estimate of drug-likeness (QED) is 0.797. The zero-order chi connectivity index (χ0) is 14.8. The summed E-state index contributed by atoms with van der Waals surface area (Å²) in [5.74, 6) is -1.06. The summed E-state index contributed by atoms with van der Waals surface area (Å²) in [6, 6.07) is 12.2. The molecule has 0 atom stereocenters. The highest BCUT2D eigenvalue weighted by molar-refractivity contribution is 5.87. The SMILES string of the molecule is O=C(O)c1ncccc1Cn1ccc(=O)c2ccccc21. The fourth-order valence-electron chi connectivity index (χ4n) is 2.34. The summed E-state index contributed by atoms with van der Waals surface area (Å²) in [7, 11) is 0. The van der Waals surface area contributed by atoms with E-state index in [0.29, 0.717) is 17.5 Å². The minimum Gasteiger partial charge on any atom is -0.477 e. The van der Waals surface area contributed by atoms with Crippen molar-refractivity contribution in [1.82, 2.24) is 9.55 Å². The highest BCUT2D eigenvalue weighted by Crippen LogP contribution is 2.13. The van der Waals surface area contributed by atoms with Crippen molar-refractivity contribution in [2.75, 3.05) is 0 Å². The summed E-state index contributed by atoms with van der Waals surface area (Å²) in [6.45, 7) is 0.344. The van der Waals surface area contributed by atoms with Crippen LogP contribution in [0.1, 0.15) is 16.1 Å². The van der Waals surface area contributed by atoms with E-state index in [2.05, 4.69) is 4.98 Å². The van der Waals surface area contributed by atoms with Gasteiger partial charge < -0.3 is 9.67 Å². The number of benzene rings is 1. The van der Waals surface area contributed by atoms with E-state index in [9.17, 15) is 14.7 Å². The molecule has 2 aromatic heterocycles. The molecule has 0 bridgehead atoms. The summed E-state index contributed by atoms with van der Waals surface area (Å²) >= 11 is 0. The molecule has 1 aromatic carbocycles. The third-order valence-corrected chi connectivity index (χ3v) is 3.32. The molecule has 1 N–H and O–H groups in total. The minimum absolute atomic E-state index is 0.0280. The van der Waals surface area contributed by atoms with Gasteiger partial charge >= 0.3 is 5.97 Å². The van der Waals surface area contributed by atoms with Gasteiger partial charge in [0, 0.05) is 36.0 Å². The number of pyridine rings is 2. The highest BCUT2D eigenvalue weighted by atomic mass is 16.4. The lowest BCUT2D eigenvalue weighted by atomic mass is 10.1. The van der Waals surface area contributed by atoms with Crippen LogP contribution in [-0.2, 0) is 6.54 Å². The Morgan fingerprint density at radius 1 is 1.14 bits per heavy atom. The second-order valence-corrected chi connectivity index (χ2v) is 4.64. The van der Waals surface area contributed by atoms with Crippen LogP contribution in [-0.4, -0.2) is 20.6 Å². The van der Waals surface area contributed by atoms with Crippen molar-refractivity contribution in [3.63, 3.8) is 0 Å². The Bertz CT molecular complexity index is 884. The molecule has 104 valence electrons. The molecule has 0 saturated carbocycles. The Kier molecular flexibility index (Phi) is 3.23. The predicted octanol–water partition coefficient (Wildman–Crippen LogP) is 2.14. The summed E-state index contributed by atoms with van der Waals surface area (Å²) in [4.78, 5) is 26.9. The van der Waals surface area contributed by atoms with Crippen LogP contribution in [0, 0.1) is 0 Å². The van der Waals surface area contributed by atoms with Crippen LogP contribution in [0.3, 0.4) is 0 Å². The summed E-state index contributed by atoms with van der Waals surface area (Å²) < 4.78 is 1.85. The molecule has 3 aromatic rings. The Morgan fingerprint density at radius 3 is 2.76 bits per heavy atom. The molecule has 5 nitrogen and oxygen atoms in total. The average molecular weight is 280 g/mol. The number of carboxylic acid groups (broad SMARTS) is 1. The first-order chi connectivity index (χ1) is 10.2. The molecular weight excluding hydrogens is 268 g/mol. The van der Waals surface area contributed by atoms with Gasteiger partial charge in [-0.2, -0.15) is 0 Å². The van der Waals surface area contributed by atoms with Gasteiger partial charge in [-0.25, -0.2) is 9.78 Å². The van der Waals surface area contributed by atoms with Crippen LogP contribution in [0.25, 0.3) is 10.9 Å². The minimum atomic E-state index is -1.06. The molecular formula is C16H12N2O3. The lowest BCUT2D eigenvalue weighted by molar-refractivity contribution is 0.0689. The zero-order valence-corrected chi connectivity index (χ0v) is 11.1. The number of hydrogen-bond acceptors (Lipinski definition) is 3. The number of carbonyl (C=O) groups is 1. The maximum Gasteiger partial charge on any atom is 0.354 e. The molecule has 0 saturated heterocycles. The Morgan fingerprint density at radius 2 is 1.95 bits per heavy atom. The highest BCUT2D eigenvalue weighted by Gasteiger charge is 2.12. The molecule has 3 rings (SSSR count). The van der Waals surface area contributed by atoms with Gasteiger partial charge in [0.15, 0.2) is 11.1 Å². The van der Waals surface area contributed by atoms with Crippen LogP contribution in [0.15, 0.2) is 59.7 Å². The Hall–Kier alpha value is -2.95. The first kappa shape index (κ1) is 13.1. The van der Waals surface area contributed by atoms with Crippen molar-refractivity contribution in [3.8, 4) is 0 Å². The maximum absolute atomic E-state index is 11.8. The number of aromatic nitrogens is 2. The van der Waals surface area contributed by atoms with Crippen LogP contribution >= 0.6 is 0 Å². The van der Waals surface area contributed by atoms with E-state index in [1.165, 1.54) is 12.3 Å². The van der Waals surface area contributed by atoms with Crippen LogP contribution < -0.4 is 5.43 Å². The van der Waals surface area contributed by atoms with E-state index in [1.54, 1.807) is 30.5 Å². The zero-order valence-electron chi connectivity index (χ0n) is 11.1. The molecule has 5 heteroatoms. The number of rotatable bonds is 3. The van der Waals surface area contributed by atoms with Gasteiger partial charge in [-0.3, -0.25) is 4.79 Å². The molecule has 2 heterocycles. The number of para-hydroxylation sites is 1. The van der Waals surface area contributed by atoms with E-state index < -0.39 is 5.97 Å². The van der Waals surface area contributed by atoms with E-state index in [-0.39, 0.29) is 11.1 Å². The van der Waals surface area contributed by atoms with E-state index in [0.717, 1.165) is 5.52 Å². The number of hydrogen-bond donors (Lipinski definition) is 1. The number of nitrogens with zero attached hydrogens (tertiary/aromatic N) is 2. The molecule has 0 radical (unpaired) electrons. The second-order valence-electron chi connectivity index (χ2n) is 4.64. The molecule has 0 aliphatic heterocycles. The fourth-order valence-corrected chi connectivity index (χ4v) is 2.34. The number of aromatic carboxylic acids is 1. The topological polar surface area (TPSA) is 72.2 Å². The monoisotopic (exact) mass is 280 g/mol. The van der Waals surface area contributed by atoms with Crippen LogP contribution in [0.4, 0.5) is 0 Å². The van der Waals surface area contributed by atoms with Crippen molar-refractivity contribution in [1.29, 1.82) is 0 Å². The van der Waals surface area contributed by atoms with Crippen molar-refractivity contribution in [2.24, 2.45) is 0 Å². The third-order valence-electron chi connectivity index (χ3n) is 3.32. The number of fused-ring (bicyclic) bond motifs is 1. The van der Waals surface area contributed by atoms with Crippen molar-refractivity contribution >= 4 is 16.9 Å². The molecule has 0 fully saturated rings. The van der Waals surface area contributed by atoms with Crippen LogP contribution in [0.2, 0.25) is 0 Å². The van der Waals surface area contributed by atoms with Gasteiger partial charge in [0.05, 0.1) is 5.52 Å². The van der Waals surface area contributed by atoms with Crippen molar-refractivity contribution < 1.29 is 9.90 Å². The number of carboxylic acids is 1. The summed E-state index contributed by atoms with van der Waals surface area (Å²) in [6.07, 6.45) is 3.12. The van der Waals surface area contributed by atoms with Gasteiger partial charge in [0.1, 0.15) is 0 Å². The summed E-state index contributed by atoms with van der Waals surface area (Å²) in [5, 5.41) is 9.79. The molecule has 0 aliphatic carbocycles. The molecule has 0 amide bonds. The average Bonchev–Trinajstić information content (AvgIpc) is 2.51. The van der Waals surface area contributed by atoms with Crippen molar-refractivity contribution in [3.05, 3.63) is 76.3 Å². The van der Waals surface area contributed by atoms with Gasteiger partial charge in [0.25, 0.3) is 0 Å². The predicted molar refractivity (Wildman–Crippen MR) is 78.5 cm³/mol. The largest absolute Gasteiger partial charge is 0.477 e. The smallest absolute Gasteiger partial charge is 0.354 e. The van der Waals surface area contributed by atoms with Gasteiger partial charge in [-0.15, -0.1) is 0 Å². The molecule has 0 aliphatic rings. The van der Waals surface area contributed by atoms with Crippen molar-refractivity contribution in [2.45, 2.75) is 6.54 Å². The lowest BCUT2D eigenvalue weighted by Crippen LogP contribution is -2.12. The normalized spacial score (nSPS) is 10.7. The molecule has 21 heavy (non-hydrogen) atoms. The van der Waals surface area contributed by atoms with Gasteiger partial charge in [-0.1, -0.05) is 18.2 Å². The molecule has 0 unspecified atom stereocenters. The van der Waals surface area contributed by atoms with Gasteiger partial charge in [-0.05, 0) is 18.2 Å². The standard InChI is InChI=1S/C16H12N2O3/c19-14-7-9-18(13-6-2-1-5-12(13)14)10-11-4-3-8-17-15(11)16(20)21/h1-9H,10H2,(H,20,21). The second kappa shape index (κ2) is 5.20. The van der Waals surface area contributed by atoms with Crippen LogP contribution in [0.5, 0.6) is 0 Å². The maximum atomic E-state index is 11.8. The molecule has 0 spiro atoms. The first-order valence-electron chi connectivity index (χ1n) is 6.42. The van der Waals surface area contributed by atoms with E-state index >= 15 is 0 Å². The Balaban J connectivity index is 2.14. The fraction of sp³-hybridized carbons (Fsp3) is 0.0625. The summed E-state index contributed by atoms with van der Waals surface area (Å²) in [5.41, 5.74) is 1.34. The third kappa shape index (κ3) is 2.41. The van der Waals surface area contributed by atoms with Gasteiger partial charge in [0.2, 0.25) is 0 Å². The first-order valence-corrected chi connectivity index (χ1v) is 6.42. The Labute approximate surface area is 120 Å². The van der Waals surface area contributed by atoms with E-state index in [4.69, 9.17) is 0 Å².